The number of ether oxygens (including phenoxy) is 2. The lowest BCUT2D eigenvalue weighted by Gasteiger charge is -2.31. The molecule has 1 N–H and O–H groups in total. The molecule has 1 aromatic rings. The third kappa shape index (κ3) is 5.70. The van der Waals surface area contributed by atoms with Crippen LogP contribution < -0.4 is 0 Å². The number of carbonyl (C=O) groups excluding carboxylic acids is 1. The van der Waals surface area contributed by atoms with E-state index in [9.17, 15) is 9.90 Å². The minimum absolute atomic E-state index is 0.299. The number of hydrogen-bond acceptors (Lipinski definition) is 4. The van der Waals surface area contributed by atoms with Crippen LogP contribution in [0.5, 0.6) is 0 Å². The molecule has 0 fully saturated rings. The standard InChI is InChI=1S/C19H26O4/c1-6-22-18(21)19(4,5)17(23-15(3)14(2)20)13-12-16-10-8-7-9-11-16/h7-11,14-15,17,20H,6H2,1-5H3/t14-,15+,17+/m1/s1. The maximum atomic E-state index is 12.2. The van der Waals surface area contributed by atoms with E-state index in [2.05, 4.69) is 11.8 Å². The minimum Gasteiger partial charge on any atom is -0.465 e. The summed E-state index contributed by atoms with van der Waals surface area (Å²) in [5, 5.41) is 9.67. The lowest BCUT2D eigenvalue weighted by atomic mass is 9.86. The van der Waals surface area contributed by atoms with Gasteiger partial charge in [-0.05, 0) is 46.8 Å². The molecule has 0 aromatic heterocycles. The SMILES string of the molecule is CCOC(=O)C(C)(C)[C@H](C#Cc1ccccc1)O[C@@H](C)[C@@H](C)O. The van der Waals surface area contributed by atoms with E-state index in [1.54, 1.807) is 34.6 Å². The van der Waals surface area contributed by atoms with Gasteiger partial charge < -0.3 is 14.6 Å². The summed E-state index contributed by atoms with van der Waals surface area (Å²) in [6.07, 6.45) is -1.79. The first-order chi connectivity index (χ1) is 10.8. The highest BCUT2D eigenvalue weighted by molar-refractivity contribution is 5.77. The summed E-state index contributed by atoms with van der Waals surface area (Å²) >= 11 is 0. The average molecular weight is 318 g/mol. The van der Waals surface area contributed by atoms with Gasteiger partial charge in [0.1, 0.15) is 6.10 Å². The number of benzene rings is 1. The molecule has 23 heavy (non-hydrogen) atoms. The maximum Gasteiger partial charge on any atom is 0.315 e. The first-order valence-electron chi connectivity index (χ1n) is 7.86. The number of rotatable bonds is 6. The quantitative estimate of drug-likeness (QED) is 0.647. The second kappa shape index (κ2) is 8.71. The van der Waals surface area contributed by atoms with E-state index in [4.69, 9.17) is 9.47 Å². The molecule has 0 spiro atoms. The van der Waals surface area contributed by atoms with E-state index >= 15 is 0 Å². The second-order valence-corrected chi connectivity index (χ2v) is 6.04. The molecule has 0 unspecified atom stereocenters. The highest BCUT2D eigenvalue weighted by atomic mass is 16.5. The van der Waals surface area contributed by atoms with Crippen molar-refractivity contribution in [3.8, 4) is 11.8 Å². The summed E-state index contributed by atoms with van der Waals surface area (Å²) in [6, 6.07) is 9.49. The molecule has 0 radical (unpaired) electrons. The van der Waals surface area contributed by atoms with Crippen molar-refractivity contribution in [1.82, 2.24) is 0 Å². The molecule has 3 atom stereocenters. The van der Waals surface area contributed by atoms with Gasteiger partial charge in [0.2, 0.25) is 0 Å². The van der Waals surface area contributed by atoms with E-state index in [0.717, 1.165) is 5.56 Å². The van der Waals surface area contributed by atoms with Crippen molar-refractivity contribution >= 4 is 5.97 Å². The fourth-order valence-corrected chi connectivity index (χ4v) is 1.81. The van der Waals surface area contributed by atoms with E-state index in [1.807, 2.05) is 30.3 Å². The fraction of sp³-hybridized carbons (Fsp3) is 0.526. The van der Waals surface area contributed by atoms with Crippen molar-refractivity contribution in [2.75, 3.05) is 6.61 Å². The van der Waals surface area contributed by atoms with Crippen molar-refractivity contribution in [2.24, 2.45) is 5.41 Å². The summed E-state index contributed by atoms with van der Waals surface area (Å²) in [4.78, 5) is 12.2. The van der Waals surface area contributed by atoms with Crippen molar-refractivity contribution in [3.63, 3.8) is 0 Å². The van der Waals surface area contributed by atoms with Gasteiger partial charge >= 0.3 is 5.97 Å². The van der Waals surface area contributed by atoms with Crippen LogP contribution in [0, 0.1) is 17.3 Å². The molecule has 0 amide bonds. The molecule has 1 rings (SSSR count). The number of aliphatic hydroxyl groups excluding tert-OH is 1. The number of carbonyl (C=O) groups is 1. The minimum atomic E-state index is -0.944. The van der Waals surface area contributed by atoms with Gasteiger partial charge in [-0.15, -0.1) is 0 Å². The zero-order valence-electron chi connectivity index (χ0n) is 14.5. The summed E-state index contributed by atoms with van der Waals surface area (Å²) in [5.41, 5.74) is -0.105. The van der Waals surface area contributed by atoms with Crippen LogP contribution in [0.3, 0.4) is 0 Å². The first kappa shape index (κ1) is 19.2. The van der Waals surface area contributed by atoms with Crippen molar-refractivity contribution in [1.29, 1.82) is 0 Å². The molecule has 0 aliphatic rings. The van der Waals surface area contributed by atoms with E-state index in [1.165, 1.54) is 0 Å². The molecule has 4 nitrogen and oxygen atoms in total. The lowest BCUT2D eigenvalue weighted by Crippen LogP contribution is -2.42. The van der Waals surface area contributed by atoms with Crippen LogP contribution in [0.1, 0.15) is 40.2 Å². The van der Waals surface area contributed by atoms with Crippen LogP contribution in [0.15, 0.2) is 30.3 Å². The molecule has 0 bridgehead atoms. The Kier molecular flexibility index (Phi) is 7.28. The molecule has 0 heterocycles. The molecule has 0 saturated heterocycles. The molecule has 126 valence electrons. The lowest BCUT2D eigenvalue weighted by molar-refractivity contribution is -0.164. The second-order valence-electron chi connectivity index (χ2n) is 6.04. The number of esters is 1. The highest BCUT2D eigenvalue weighted by Crippen LogP contribution is 2.27. The van der Waals surface area contributed by atoms with E-state index < -0.39 is 23.7 Å². The van der Waals surface area contributed by atoms with Gasteiger partial charge in [0.15, 0.2) is 0 Å². The van der Waals surface area contributed by atoms with Gasteiger partial charge in [0.25, 0.3) is 0 Å². The Morgan fingerprint density at radius 1 is 1.26 bits per heavy atom. The van der Waals surface area contributed by atoms with Crippen LogP contribution in [0.4, 0.5) is 0 Å². The number of aliphatic hydroxyl groups is 1. The summed E-state index contributed by atoms with van der Waals surface area (Å²) < 4.78 is 11.0. The topological polar surface area (TPSA) is 55.8 Å². The van der Waals surface area contributed by atoms with E-state index in [0.29, 0.717) is 6.61 Å². The Morgan fingerprint density at radius 2 is 1.87 bits per heavy atom. The van der Waals surface area contributed by atoms with E-state index in [-0.39, 0.29) is 5.97 Å². The Balaban J connectivity index is 3.07. The Morgan fingerprint density at radius 3 is 2.39 bits per heavy atom. The first-order valence-corrected chi connectivity index (χ1v) is 7.86. The molecule has 0 saturated carbocycles. The van der Waals surface area contributed by atoms with Gasteiger partial charge in [0.05, 0.1) is 24.2 Å². The monoisotopic (exact) mass is 318 g/mol. The predicted molar refractivity (Wildman–Crippen MR) is 89.7 cm³/mol. The van der Waals surface area contributed by atoms with Crippen LogP contribution in [-0.2, 0) is 14.3 Å². The van der Waals surface area contributed by atoms with Crippen molar-refractivity contribution in [2.45, 2.75) is 52.9 Å². The van der Waals surface area contributed by atoms with Gasteiger partial charge in [-0.25, -0.2) is 0 Å². The normalized spacial score (nSPS) is 15.0. The molecule has 1 aromatic carbocycles. The molecule has 4 heteroatoms. The zero-order valence-corrected chi connectivity index (χ0v) is 14.5. The summed E-state index contributed by atoms with van der Waals surface area (Å²) in [6.45, 7) is 8.94. The van der Waals surface area contributed by atoms with Crippen LogP contribution >= 0.6 is 0 Å². The zero-order chi connectivity index (χ0) is 17.5. The summed E-state index contributed by atoms with van der Waals surface area (Å²) in [7, 11) is 0. The van der Waals surface area contributed by atoms with Gasteiger partial charge in [-0.3, -0.25) is 4.79 Å². The third-order valence-electron chi connectivity index (χ3n) is 3.61. The van der Waals surface area contributed by atoms with Gasteiger partial charge in [-0.1, -0.05) is 30.0 Å². The van der Waals surface area contributed by atoms with Crippen LogP contribution in [0.25, 0.3) is 0 Å². The van der Waals surface area contributed by atoms with Crippen molar-refractivity contribution in [3.05, 3.63) is 35.9 Å². The van der Waals surface area contributed by atoms with Crippen LogP contribution in [0.2, 0.25) is 0 Å². The van der Waals surface area contributed by atoms with Crippen LogP contribution in [-0.4, -0.2) is 36.0 Å². The third-order valence-corrected chi connectivity index (χ3v) is 3.61. The largest absolute Gasteiger partial charge is 0.465 e. The summed E-state index contributed by atoms with van der Waals surface area (Å²) in [5.74, 6) is 5.67. The smallest absolute Gasteiger partial charge is 0.315 e. The van der Waals surface area contributed by atoms with Gasteiger partial charge in [-0.2, -0.15) is 0 Å². The Hall–Kier alpha value is -1.83. The molecular weight excluding hydrogens is 292 g/mol. The predicted octanol–water partition coefficient (Wildman–Crippen LogP) is 2.78. The fourth-order valence-electron chi connectivity index (χ4n) is 1.81. The maximum absolute atomic E-state index is 12.2. The Labute approximate surface area is 138 Å². The molecule has 0 aliphatic carbocycles. The molecular formula is C19H26O4. The van der Waals surface area contributed by atoms with Gasteiger partial charge in [0, 0.05) is 5.56 Å². The Bertz CT molecular complexity index is 552. The number of hydrogen-bond donors (Lipinski definition) is 1. The average Bonchev–Trinajstić information content (AvgIpc) is 2.52. The molecule has 0 aliphatic heterocycles. The van der Waals surface area contributed by atoms with Crippen molar-refractivity contribution < 1.29 is 19.4 Å². The highest BCUT2D eigenvalue weighted by Gasteiger charge is 2.39.